The zero-order valence-corrected chi connectivity index (χ0v) is 19.1. The molecule has 3 aromatic rings. The van der Waals surface area contributed by atoms with Crippen LogP contribution in [0.5, 0.6) is 5.75 Å². The van der Waals surface area contributed by atoms with Crippen molar-refractivity contribution >= 4 is 29.9 Å². The highest BCUT2D eigenvalue weighted by Crippen LogP contribution is 2.26. The minimum Gasteiger partial charge on any atom is -0.405 e. The highest BCUT2D eigenvalue weighted by Gasteiger charge is 2.31. The third-order valence-electron chi connectivity index (χ3n) is 4.23. The number of hydrogen-bond donors (Lipinski definition) is 2. The van der Waals surface area contributed by atoms with Gasteiger partial charge in [0.2, 0.25) is 0 Å². The number of halogens is 4. The molecular formula is C21H23F3IN5O. The van der Waals surface area contributed by atoms with E-state index in [1.54, 1.807) is 30.1 Å². The molecule has 2 N–H and O–H groups in total. The molecule has 0 saturated heterocycles. The second-order valence-corrected chi connectivity index (χ2v) is 6.39. The van der Waals surface area contributed by atoms with Crippen molar-refractivity contribution in [2.75, 3.05) is 13.6 Å². The lowest BCUT2D eigenvalue weighted by molar-refractivity contribution is -0.274. The molecule has 10 heteroatoms. The predicted molar refractivity (Wildman–Crippen MR) is 124 cm³/mol. The number of rotatable bonds is 7. The first kappa shape index (κ1) is 24.5. The second-order valence-electron chi connectivity index (χ2n) is 6.39. The first-order valence-electron chi connectivity index (χ1n) is 9.32. The van der Waals surface area contributed by atoms with E-state index in [-0.39, 0.29) is 36.3 Å². The van der Waals surface area contributed by atoms with Crippen molar-refractivity contribution in [3.63, 3.8) is 0 Å². The molecule has 0 radical (unpaired) electrons. The van der Waals surface area contributed by atoms with Crippen molar-refractivity contribution in [2.24, 2.45) is 4.99 Å². The Morgan fingerprint density at radius 3 is 2.48 bits per heavy atom. The summed E-state index contributed by atoms with van der Waals surface area (Å²) in [5.41, 5.74) is 2.40. The van der Waals surface area contributed by atoms with Crippen LogP contribution < -0.4 is 15.4 Å². The second kappa shape index (κ2) is 11.6. The fraction of sp³-hybridized carbons (Fsp3) is 0.238. The normalized spacial score (nSPS) is 11.5. The number of ether oxygens (including phenoxy) is 1. The number of alkyl halides is 3. The lowest BCUT2D eigenvalue weighted by Gasteiger charge is -2.15. The van der Waals surface area contributed by atoms with E-state index in [9.17, 15) is 13.2 Å². The summed E-state index contributed by atoms with van der Waals surface area (Å²) in [5.74, 6) is 0.244. The number of hydrogen-bond acceptors (Lipinski definition) is 3. The van der Waals surface area contributed by atoms with Gasteiger partial charge in [-0.3, -0.25) is 4.99 Å². The van der Waals surface area contributed by atoms with E-state index in [0.717, 1.165) is 11.3 Å². The predicted octanol–water partition coefficient (Wildman–Crippen LogP) is 4.30. The van der Waals surface area contributed by atoms with E-state index in [4.69, 9.17) is 0 Å². The third kappa shape index (κ3) is 7.78. The monoisotopic (exact) mass is 545 g/mol. The Hall–Kier alpha value is -2.76. The van der Waals surface area contributed by atoms with E-state index in [2.05, 4.69) is 25.5 Å². The van der Waals surface area contributed by atoms with Crippen LogP contribution in [0.15, 0.2) is 72.0 Å². The summed E-state index contributed by atoms with van der Waals surface area (Å²) in [6.07, 6.45) is -0.269. The van der Waals surface area contributed by atoms with Crippen LogP contribution in [0.2, 0.25) is 0 Å². The van der Waals surface area contributed by atoms with Gasteiger partial charge in [0.15, 0.2) is 5.96 Å². The molecule has 0 aliphatic heterocycles. The zero-order chi connectivity index (χ0) is 21.4. The van der Waals surface area contributed by atoms with Gasteiger partial charge in [-0.15, -0.1) is 37.1 Å². The maximum atomic E-state index is 12.5. The van der Waals surface area contributed by atoms with E-state index in [1.807, 2.05) is 36.5 Å². The molecule has 0 aliphatic carbocycles. The number of nitrogens with one attached hydrogen (secondary N) is 2. The fourth-order valence-electron chi connectivity index (χ4n) is 2.81. The summed E-state index contributed by atoms with van der Waals surface area (Å²) >= 11 is 0. The minimum atomic E-state index is -4.74. The summed E-state index contributed by atoms with van der Waals surface area (Å²) in [7, 11) is 1.60. The molecule has 6 nitrogen and oxygen atoms in total. The van der Waals surface area contributed by atoms with Crippen molar-refractivity contribution in [1.82, 2.24) is 20.4 Å². The number of aromatic nitrogens is 2. The quantitative estimate of drug-likeness (QED) is 0.264. The molecule has 31 heavy (non-hydrogen) atoms. The van der Waals surface area contributed by atoms with E-state index < -0.39 is 6.36 Å². The Morgan fingerprint density at radius 1 is 1.06 bits per heavy atom. The van der Waals surface area contributed by atoms with Crippen molar-refractivity contribution in [3.8, 4) is 11.4 Å². The third-order valence-corrected chi connectivity index (χ3v) is 4.23. The number of nitrogens with zero attached hydrogens (tertiary/aromatic N) is 3. The molecule has 0 aliphatic rings. The molecule has 1 aromatic heterocycles. The van der Waals surface area contributed by atoms with Gasteiger partial charge in [0.25, 0.3) is 0 Å². The van der Waals surface area contributed by atoms with E-state index >= 15 is 0 Å². The van der Waals surface area contributed by atoms with Gasteiger partial charge in [0.1, 0.15) is 5.75 Å². The zero-order valence-electron chi connectivity index (χ0n) is 16.8. The lowest BCUT2D eigenvalue weighted by Crippen LogP contribution is -2.38. The van der Waals surface area contributed by atoms with Crippen LogP contribution in [0.25, 0.3) is 5.69 Å². The van der Waals surface area contributed by atoms with Crippen LogP contribution in [0, 0.1) is 0 Å². The molecule has 166 valence electrons. The molecule has 0 atom stereocenters. The number of benzene rings is 2. The molecule has 1 heterocycles. The Balaban J connectivity index is 0.00000341. The van der Waals surface area contributed by atoms with Crippen molar-refractivity contribution in [1.29, 1.82) is 0 Å². The van der Waals surface area contributed by atoms with Gasteiger partial charge >= 0.3 is 6.36 Å². The van der Waals surface area contributed by atoms with Gasteiger partial charge in [-0.05, 0) is 30.2 Å². The van der Waals surface area contributed by atoms with Gasteiger partial charge in [-0.1, -0.05) is 36.4 Å². The van der Waals surface area contributed by atoms with E-state index in [0.29, 0.717) is 24.5 Å². The largest absolute Gasteiger partial charge is 0.573 e. The van der Waals surface area contributed by atoms with Crippen LogP contribution >= 0.6 is 24.0 Å². The molecule has 0 spiro atoms. The fourth-order valence-corrected chi connectivity index (χ4v) is 2.81. The Kier molecular flexibility index (Phi) is 9.16. The van der Waals surface area contributed by atoms with Crippen LogP contribution in [0.1, 0.15) is 11.1 Å². The number of para-hydroxylation sites is 2. The van der Waals surface area contributed by atoms with Crippen molar-refractivity contribution in [3.05, 3.63) is 78.1 Å². The Morgan fingerprint density at radius 2 is 1.77 bits per heavy atom. The first-order valence-corrected chi connectivity index (χ1v) is 9.32. The smallest absolute Gasteiger partial charge is 0.405 e. The summed E-state index contributed by atoms with van der Waals surface area (Å²) in [4.78, 5) is 4.10. The highest BCUT2D eigenvalue weighted by molar-refractivity contribution is 14.0. The van der Waals surface area contributed by atoms with Crippen LogP contribution in [0.4, 0.5) is 13.2 Å². The van der Waals surface area contributed by atoms with Gasteiger partial charge in [-0.2, -0.15) is 5.10 Å². The summed E-state index contributed by atoms with van der Waals surface area (Å²) in [6.45, 7) is 0.721. The summed E-state index contributed by atoms with van der Waals surface area (Å²) in [6, 6.07) is 15.8. The maximum Gasteiger partial charge on any atom is 0.573 e. The molecule has 3 rings (SSSR count). The average molecular weight is 545 g/mol. The van der Waals surface area contributed by atoms with Gasteiger partial charge < -0.3 is 15.4 Å². The Labute approximate surface area is 195 Å². The van der Waals surface area contributed by atoms with Gasteiger partial charge in [0.05, 0.1) is 11.9 Å². The topological polar surface area (TPSA) is 63.5 Å². The standard InChI is InChI=1S/C21H22F3N5O.HI/c1-25-20(27-14-17-7-5-6-10-19(17)30-21(22,23)24)26-12-11-16-13-28-29(15-16)18-8-3-2-4-9-18;/h2-10,13,15H,11-12,14H2,1H3,(H2,25,26,27);1H. The molecule has 0 unspecified atom stereocenters. The van der Waals surface area contributed by atoms with Crippen molar-refractivity contribution < 1.29 is 17.9 Å². The molecule has 0 amide bonds. The molecule has 0 bridgehead atoms. The molecule has 2 aromatic carbocycles. The number of aliphatic imine (C=N–C) groups is 1. The SMILES string of the molecule is CN=C(NCCc1cnn(-c2ccccc2)c1)NCc1ccccc1OC(F)(F)F.I. The lowest BCUT2D eigenvalue weighted by atomic mass is 10.2. The van der Waals surface area contributed by atoms with E-state index in [1.165, 1.54) is 12.1 Å². The first-order chi connectivity index (χ1) is 14.4. The molecule has 0 fully saturated rings. The summed E-state index contributed by atoms with van der Waals surface area (Å²) < 4.78 is 43.5. The summed E-state index contributed by atoms with van der Waals surface area (Å²) in [5, 5.41) is 10.5. The van der Waals surface area contributed by atoms with Crippen LogP contribution in [0.3, 0.4) is 0 Å². The van der Waals surface area contributed by atoms with Crippen LogP contribution in [-0.4, -0.2) is 35.7 Å². The van der Waals surface area contributed by atoms with Crippen molar-refractivity contribution in [2.45, 2.75) is 19.3 Å². The molecular weight excluding hydrogens is 522 g/mol. The Bertz CT molecular complexity index is 976. The average Bonchev–Trinajstić information content (AvgIpc) is 3.20. The van der Waals surface area contributed by atoms with Gasteiger partial charge in [0, 0.05) is 31.9 Å². The highest BCUT2D eigenvalue weighted by atomic mass is 127. The maximum absolute atomic E-state index is 12.5. The number of guanidine groups is 1. The minimum absolute atomic E-state index is 0. The molecule has 0 saturated carbocycles. The van der Waals surface area contributed by atoms with Gasteiger partial charge in [-0.25, -0.2) is 4.68 Å². The van der Waals surface area contributed by atoms with Crippen LogP contribution in [-0.2, 0) is 13.0 Å².